The predicted octanol–water partition coefficient (Wildman–Crippen LogP) is 1.63. The van der Waals surface area contributed by atoms with E-state index >= 15 is 0 Å². The summed E-state index contributed by atoms with van der Waals surface area (Å²) in [5.74, 6) is 1.58. The van der Waals surface area contributed by atoms with E-state index in [2.05, 4.69) is 0 Å². The molecule has 0 bridgehead atoms. The molecule has 0 radical (unpaired) electrons. The van der Waals surface area contributed by atoms with E-state index in [-0.39, 0.29) is 17.7 Å². The number of carbonyl (C=O) groups is 1. The van der Waals surface area contributed by atoms with Crippen molar-refractivity contribution < 1.29 is 19.0 Å². The van der Waals surface area contributed by atoms with Crippen molar-refractivity contribution in [3.8, 4) is 17.2 Å². The zero-order chi connectivity index (χ0) is 14.0. The summed E-state index contributed by atoms with van der Waals surface area (Å²) in [4.78, 5) is 12.3. The molecule has 0 atom stereocenters. The first-order valence-corrected chi connectivity index (χ1v) is 6.20. The van der Waals surface area contributed by atoms with Crippen LogP contribution in [-0.4, -0.2) is 33.2 Å². The van der Waals surface area contributed by atoms with Crippen LogP contribution in [0.3, 0.4) is 0 Å². The van der Waals surface area contributed by atoms with E-state index in [4.69, 9.17) is 19.9 Å². The summed E-state index contributed by atoms with van der Waals surface area (Å²) >= 11 is 0. The molecule has 0 unspecified atom stereocenters. The summed E-state index contributed by atoms with van der Waals surface area (Å²) in [6.45, 7) is 0. The fourth-order valence-electron chi connectivity index (χ4n) is 2.33. The van der Waals surface area contributed by atoms with Gasteiger partial charge in [-0.2, -0.15) is 0 Å². The van der Waals surface area contributed by atoms with E-state index < -0.39 is 0 Å². The molecular formula is C14H19NO4. The van der Waals surface area contributed by atoms with Crippen LogP contribution in [0.4, 0.5) is 0 Å². The van der Waals surface area contributed by atoms with Crippen molar-refractivity contribution in [2.24, 2.45) is 11.7 Å². The van der Waals surface area contributed by atoms with Gasteiger partial charge in [-0.25, -0.2) is 0 Å². The third-order valence-electron chi connectivity index (χ3n) is 3.49. The van der Waals surface area contributed by atoms with Crippen LogP contribution in [0, 0.1) is 5.92 Å². The maximum atomic E-state index is 12.3. The molecule has 19 heavy (non-hydrogen) atoms. The fraction of sp³-hybridized carbons (Fsp3) is 0.500. The van der Waals surface area contributed by atoms with Crippen molar-refractivity contribution in [1.82, 2.24) is 0 Å². The number of carbonyl (C=O) groups excluding carboxylic acids is 1. The van der Waals surface area contributed by atoms with Crippen molar-refractivity contribution in [3.05, 3.63) is 17.7 Å². The molecule has 2 N–H and O–H groups in total. The van der Waals surface area contributed by atoms with Crippen LogP contribution in [0.25, 0.3) is 0 Å². The lowest BCUT2D eigenvalue weighted by molar-refractivity contribution is 0.0832. The number of ether oxygens (including phenoxy) is 3. The average Bonchev–Trinajstić information content (AvgIpc) is 2.41. The Bertz CT molecular complexity index is 455. The second-order valence-corrected chi connectivity index (χ2v) is 4.71. The predicted molar refractivity (Wildman–Crippen MR) is 71.1 cm³/mol. The molecule has 1 fully saturated rings. The fourth-order valence-corrected chi connectivity index (χ4v) is 2.33. The van der Waals surface area contributed by atoms with Gasteiger partial charge in [0.2, 0.25) is 5.75 Å². The van der Waals surface area contributed by atoms with Gasteiger partial charge in [0.15, 0.2) is 17.3 Å². The summed E-state index contributed by atoms with van der Waals surface area (Å²) in [7, 11) is 4.60. The van der Waals surface area contributed by atoms with Gasteiger partial charge in [0.05, 0.1) is 21.3 Å². The summed E-state index contributed by atoms with van der Waals surface area (Å²) in [5, 5.41) is 0. The first-order valence-electron chi connectivity index (χ1n) is 6.20. The van der Waals surface area contributed by atoms with Crippen LogP contribution in [0.15, 0.2) is 12.1 Å². The van der Waals surface area contributed by atoms with E-state index in [0.717, 1.165) is 12.8 Å². The minimum atomic E-state index is 0.0119. The van der Waals surface area contributed by atoms with E-state index in [1.54, 1.807) is 12.1 Å². The smallest absolute Gasteiger partial charge is 0.203 e. The topological polar surface area (TPSA) is 70.8 Å². The molecule has 1 aromatic carbocycles. The Balaban J connectivity index is 2.33. The Morgan fingerprint density at radius 3 is 2.00 bits per heavy atom. The van der Waals surface area contributed by atoms with Gasteiger partial charge < -0.3 is 19.9 Å². The van der Waals surface area contributed by atoms with Crippen molar-refractivity contribution in [3.63, 3.8) is 0 Å². The minimum Gasteiger partial charge on any atom is -0.493 e. The lowest BCUT2D eigenvalue weighted by Gasteiger charge is -2.31. The maximum absolute atomic E-state index is 12.3. The highest BCUT2D eigenvalue weighted by Crippen LogP contribution is 2.40. The highest BCUT2D eigenvalue weighted by atomic mass is 16.5. The quantitative estimate of drug-likeness (QED) is 0.819. The Kier molecular flexibility index (Phi) is 3.95. The third-order valence-corrected chi connectivity index (χ3v) is 3.49. The zero-order valence-electron chi connectivity index (χ0n) is 11.4. The second-order valence-electron chi connectivity index (χ2n) is 4.71. The van der Waals surface area contributed by atoms with Crippen LogP contribution in [0.1, 0.15) is 23.2 Å². The third kappa shape index (κ3) is 2.51. The van der Waals surface area contributed by atoms with Gasteiger partial charge in [0.25, 0.3) is 0 Å². The summed E-state index contributed by atoms with van der Waals surface area (Å²) in [6, 6.07) is 3.53. The van der Waals surface area contributed by atoms with Gasteiger partial charge in [-0.1, -0.05) is 0 Å². The first-order chi connectivity index (χ1) is 9.10. The van der Waals surface area contributed by atoms with Crippen LogP contribution in [0.5, 0.6) is 17.2 Å². The highest BCUT2D eigenvalue weighted by Gasteiger charge is 2.33. The molecule has 5 nitrogen and oxygen atoms in total. The molecule has 104 valence electrons. The van der Waals surface area contributed by atoms with Gasteiger partial charge in [0, 0.05) is 17.5 Å². The molecule has 1 saturated carbocycles. The lowest BCUT2D eigenvalue weighted by atomic mass is 9.76. The van der Waals surface area contributed by atoms with E-state index in [9.17, 15) is 4.79 Å². The number of Topliss-reactive ketones (excluding diaryl/α,β-unsaturated/α-hetero) is 1. The Morgan fingerprint density at radius 1 is 1.11 bits per heavy atom. The number of hydrogen-bond acceptors (Lipinski definition) is 5. The molecule has 2 rings (SSSR count). The number of nitrogens with two attached hydrogens (primary N) is 1. The normalized spacial score (nSPS) is 21.5. The van der Waals surface area contributed by atoms with E-state index in [1.165, 1.54) is 21.3 Å². The number of hydrogen-bond donors (Lipinski definition) is 1. The van der Waals surface area contributed by atoms with E-state index in [1.807, 2.05) is 0 Å². The van der Waals surface area contributed by atoms with Crippen molar-refractivity contribution in [1.29, 1.82) is 0 Å². The van der Waals surface area contributed by atoms with Gasteiger partial charge in [-0.05, 0) is 25.0 Å². The molecule has 1 aromatic rings. The van der Waals surface area contributed by atoms with Crippen LogP contribution >= 0.6 is 0 Å². The van der Waals surface area contributed by atoms with Crippen molar-refractivity contribution in [2.45, 2.75) is 18.9 Å². The minimum absolute atomic E-state index is 0.0119. The molecular weight excluding hydrogens is 246 g/mol. The number of methoxy groups -OCH3 is 3. The SMILES string of the molecule is COc1cc(C(=O)C2CC(N)C2)cc(OC)c1OC. The molecule has 0 aliphatic heterocycles. The molecule has 5 heteroatoms. The number of rotatable bonds is 5. The number of ketones is 1. The number of benzene rings is 1. The van der Waals surface area contributed by atoms with E-state index in [0.29, 0.717) is 22.8 Å². The maximum Gasteiger partial charge on any atom is 0.203 e. The van der Waals surface area contributed by atoms with Gasteiger partial charge in [0.1, 0.15) is 0 Å². The summed E-state index contributed by atoms with van der Waals surface area (Å²) in [5.41, 5.74) is 6.30. The van der Waals surface area contributed by atoms with Gasteiger partial charge in [-0.3, -0.25) is 4.79 Å². The molecule has 0 heterocycles. The van der Waals surface area contributed by atoms with Gasteiger partial charge >= 0.3 is 0 Å². The molecule has 0 aromatic heterocycles. The highest BCUT2D eigenvalue weighted by molar-refractivity contribution is 5.99. The van der Waals surface area contributed by atoms with Crippen molar-refractivity contribution in [2.75, 3.05) is 21.3 Å². The van der Waals surface area contributed by atoms with Crippen LogP contribution < -0.4 is 19.9 Å². The Morgan fingerprint density at radius 2 is 1.63 bits per heavy atom. The Labute approximate surface area is 112 Å². The van der Waals surface area contributed by atoms with Crippen LogP contribution in [0.2, 0.25) is 0 Å². The molecule has 1 aliphatic carbocycles. The molecule has 1 aliphatic rings. The molecule has 0 saturated heterocycles. The molecule has 0 amide bonds. The molecule has 0 spiro atoms. The monoisotopic (exact) mass is 265 g/mol. The van der Waals surface area contributed by atoms with Crippen molar-refractivity contribution >= 4 is 5.78 Å². The lowest BCUT2D eigenvalue weighted by Crippen LogP contribution is -2.40. The summed E-state index contributed by atoms with van der Waals surface area (Å²) < 4.78 is 15.7. The average molecular weight is 265 g/mol. The second kappa shape index (κ2) is 5.48. The standard InChI is InChI=1S/C14H19NO4/c1-17-11-6-9(7-12(18-2)14(11)19-3)13(16)8-4-10(15)5-8/h6-8,10H,4-5,15H2,1-3H3. The van der Waals surface area contributed by atoms with Gasteiger partial charge in [-0.15, -0.1) is 0 Å². The first kappa shape index (κ1) is 13.7. The largest absolute Gasteiger partial charge is 0.493 e. The van der Waals surface area contributed by atoms with Crippen LogP contribution in [-0.2, 0) is 0 Å². The summed E-state index contributed by atoms with van der Waals surface area (Å²) in [6.07, 6.45) is 1.49. The Hall–Kier alpha value is -1.75. The zero-order valence-corrected chi connectivity index (χ0v) is 11.4.